The smallest absolute Gasteiger partial charge is 0.319 e. The Labute approximate surface area is 311 Å². The number of nitrogens with one attached hydrogen (secondary N) is 2. The van der Waals surface area contributed by atoms with Crippen LogP contribution in [0.4, 0.5) is 24.0 Å². The Morgan fingerprint density at radius 2 is 2.08 bits per heavy atom. The van der Waals surface area contributed by atoms with Crippen LogP contribution in [0.1, 0.15) is 50.5 Å². The highest BCUT2D eigenvalue weighted by atomic mass is 35.5. The maximum Gasteiger partial charge on any atom is 0.319 e. The Bertz CT molecular complexity index is 2270. The number of piperidine rings is 1. The molecule has 16 heteroatoms. The quantitative estimate of drug-likeness (QED) is 0.207. The van der Waals surface area contributed by atoms with Gasteiger partial charge in [0, 0.05) is 42.5 Å². The molecule has 276 valence electrons. The Kier molecular flexibility index (Phi) is 7.71. The lowest BCUT2D eigenvalue weighted by atomic mass is 9.95. The molecule has 6 aliphatic rings. The van der Waals surface area contributed by atoms with Crippen molar-refractivity contribution in [1.82, 2.24) is 25.5 Å². The lowest BCUT2D eigenvalue weighted by Crippen LogP contribution is -2.54. The van der Waals surface area contributed by atoms with E-state index in [0.717, 1.165) is 43.6 Å². The number of thiophene rings is 1. The predicted molar refractivity (Wildman–Crippen MR) is 194 cm³/mol. The first-order valence-electron chi connectivity index (χ1n) is 18.3. The van der Waals surface area contributed by atoms with Crippen molar-refractivity contribution in [2.24, 2.45) is 5.92 Å². The van der Waals surface area contributed by atoms with Gasteiger partial charge in [-0.25, -0.2) is 13.2 Å². The molecule has 1 aliphatic carbocycles. The summed E-state index contributed by atoms with van der Waals surface area (Å²) in [4.78, 5) is 26.9. The minimum atomic E-state index is -0.966. The molecule has 4 N–H and O–H groups in total. The normalized spacial score (nSPS) is 29.0. The van der Waals surface area contributed by atoms with Gasteiger partial charge in [0.05, 0.1) is 32.3 Å². The Morgan fingerprint density at radius 3 is 2.89 bits per heavy atom. The summed E-state index contributed by atoms with van der Waals surface area (Å²) in [5.74, 6) is -0.374. The fourth-order valence-corrected chi connectivity index (χ4v) is 10.6. The van der Waals surface area contributed by atoms with Gasteiger partial charge in [0.15, 0.2) is 11.6 Å². The molecule has 2 aromatic heterocycles. The summed E-state index contributed by atoms with van der Waals surface area (Å²) in [6, 6.07) is 4.18. The molecule has 7 heterocycles. The molecule has 10 rings (SSSR count). The SMILES string of the molecule is N#Cc1c(N)sc2c(F)ccc(-c3c(Cl)c4c5c(nc(OC[C@@]67CCCN6C[C@H](F)C7)nc5c3F)N3CC(NC(=O)[C@@H]5N[C@H]5C5CC5)CCC3CO4)c12. The minimum Gasteiger partial charge on any atom is -0.489 e. The first-order chi connectivity index (χ1) is 25.6. The molecule has 2 unspecified atom stereocenters. The van der Waals surface area contributed by atoms with Crippen LogP contribution >= 0.6 is 22.9 Å². The lowest BCUT2D eigenvalue weighted by molar-refractivity contribution is -0.121. The van der Waals surface area contributed by atoms with Gasteiger partial charge < -0.3 is 25.4 Å². The Morgan fingerprint density at radius 1 is 1.23 bits per heavy atom. The number of hydrogen-bond acceptors (Lipinski definition) is 11. The van der Waals surface area contributed by atoms with Gasteiger partial charge in [-0.1, -0.05) is 17.7 Å². The molecular formula is C37H36ClF3N8O3S. The number of amides is 1. The van der Waals surface area contributed by atoms with E-state index >= 15 is 8.78 Å². The average molecular weight is 765 g/mol. The van der Waals surface area contributed by atoms with Gasteiger partial charge in [0.2, 0.25) is 5.91 Å². The van der Waals surface area contributed by atoms with Gasteiger partial charge >= 0.3 is 6.01 Å². The Hall–Kier alpha value is -4.10. The van der Waals surface area contributed by atoms with Crippen molar-refractivity contribution < 1.29 is 27.4 Å². The molecule has 6 atom stereocenters. The summed E-state index contributed by atoms with van der Waals surface area (Å²) < 4.78 is 60.0. The van der Waals surface area contributed by atoms with E-state index in [2.05, 4.69) is 20.5 Å². The summed E-state index contributed by atoms with van der Waals surface area (Å²) in [5.41, 5.74) is 5.57. The third-order valence-corrected chi connectivity index (χ3v) is 13.5. The molecule has 0 radical (unpaired) electrons. The van der Waals surface area contributed by atoms with Gasteiger partial charge in [-0.2, -0.15) is 15.2 Å². The zero-order valence-electron chi connectivity index (χ0n) is 28.6. The number of fused-ring (bicyclic) bond motifs is 4. The fraction of sp³-hybridized carbons (Fsp3) is 0.514. The highest BCUT2D eigenvalue weighted by molar-refractivity contribution is 7.23. The first kappa shape index (κ1) is 33.5. The van der Waals surface area contributed by atoms with Crippen LogP contribution in [0, 0.1) is 28.9 Å². The van der Waals surface area contributed by atoms with E-state index in [0.29, 0.717) is 44.1 Å². The number of nitrogens with zero attached hydrogens (tertiary/aromatic N) is 5. The van der Waals surface area contributed by atoms with E-state index < -0.39 is 23.3 Å². The largest absolute Gasteiger partial charge is 0.489 e. The Balaban J connectivity index is 1.10. The van der Waals surface area contributed by atoms with Gasteiger partial charge in [-0.05, 0) is 62.6 Å². The molecule has 4 saturated heterocycles. The van der Waals surface area contributed by atoms with Crippen LogP contribution in [0.3, 0.4) is 0 Å². The van der Waals surface area contributed by atoms with Crippen LogP contribution in [0.15, 0.2) is 12.1 Å². The van der Waals surface area contributed by atoms with E-state index in [4.69, 9.17) is 31.8 Å². The van der Waals surface area contributed by atoms with E-state index in [-0.39, 0.29) is 103 Å². The van der Waals surface area contributed by atoms with Crippen molar-refractivity contribution in [2.75, 3.05) is 43.5 Å². The number of hydrogen-bond donors (Lipinski definition) is 3. The molecule has 5 fully saturated rings. The van der Waals surface area contributed by atoms with Crippen molar-refractivity contribution in [1.29, 1.82) is 5.26 Å². The fourth-order valence-electron chi connectivity index (χ4n) is 9.34. The number of nitrogen functional groups attached to an aromatic ring is 1. The summed E-state index contributed by atoms with van der Waals surface area (Å²) in [5, 5.41) is 17.0. The second kappa shape index (κ2) is 12.2. The predicted octanol–water partition coefficient (Wildman–Crippen LogP) is 5.45. The number of rotatable bonds is 7. The standard InChI is InChI=1S/C37H36ClF3N8O3S/c38-26-24(20-6-7-22(40)32-23(20)21(11-42)33(43)53-32)27(41)29-25-31(26)51-14-19-5-4-18(44-35(50)30-28(45-30)16-2-3-16)13-49(19)34(25)47-36(46-29)52-15-37-8-1-9-48(37)12-17(39)10-37/h6-7,16-19,28,30,45H,1-5,8-10,12-15,43H2,(H,44,50)/t17-,18?,19?,28+,30-,37+/m1/s1. The molecule has 53 heavy (non-hydrogen) atoms. The number of carbonyl (C=O) groups excluding carboxylic acids is 1. The number of carbonyl (C=O) groups is 1. The number of aromatic nitrogens is 2. The van der Waals surface area contributed by atoms with Crippen LogP contribution in [0.25, 0.3) is 32.1 Å². The van der Waals surface area contributed by atoms with E-state index in [1.54, 1.807) is 0 Å². The number of nitrogens with two attached hydrogens (primary N) is 1. The van der Waals surface area contributed by atoms with Gasteiger partial charge in [-0.15, -0.1) is 11.3 Å². The van der Waals surface area contributed by atoms with Gasteiger partial charge in [0.1, 0.15) is 53.6 Å². The number of halogens is 4. The highest BCUT2D eigenvalue weighted by Gasteiger charge is 2.52. The molecule has 0 spiro atoms. The number of nitriles is 1. The summed E-state index contributed by atoms with van der Waals surface area (Å²) in [6.45, 7) is 1.81. The molecule has 0 bridgehead atoms. The van der Waals surface area contributed by atoms with E-state index in [1.807, 2.05) is 11.0 Å². The molecule has 5 aliphatic heterocycles. The monoisotopic (exact) mass is 764 g/mol. The number of ether oxygens (including phenoxy) is 2. The van der Waals surface area contributed by atoms with Crippen molar-refractivity contribution in [2.45, 2.75) is 80.8 Å². The van der Waals surface area contributed by atoms with Crippen molar-refractivity contribution in [3.63, 3.8) is 0 Å². The second-order valence-electron chi connectivity index (χ2n) is 15.4. The maximum atomic E-state index is 17.4. The summed E-state index contributed by atoms with van der Waals surface area (Å²) in [7, 11) is 0. The molecular weight excluding hydrogens is 729 g/mol. The number of benzene rings is 2. The lowest BCUT2D eigenvalue weighted by Gasteiger charge is -2.39. The molecule has 1 saturated carbocycles. The van der Waals surface area contributed by atoms with E-state index in [1.165, 1.54) is 12.1 Å². The van der Waals surface area contributed by atoms with Crippen LogP contribution in [0.2, 0.25) is 5.02 Å². The molecule has 4 aromatic rings. The minimum absolute atomic E-state index is 0.0208. The zero-order chi connectivity index (χ0) is 36.3. The molecule has 2 aromatic carbocycles. The van der Waals surface area contributed by atoms with Crippen LogP contribution in [-0.4, -0.2) is 89.5 Å². The average Bonchev–Trinajstić information content (AvgIpc) is 4.04. The van der Waals surface area contributed by atoms with Crippen LogP contribution in [-0.2, 0) is 4.79 Å². The third-order valence-electron chi connectivity index (χ3n) is 12.2. The van der Waals surface area contributed by atoms with Gasteiger partial charge in [0.25, 0.3) is 0 Å². The number of alkyl halides is 1. The number of anilines is 2. The molecule has 11 nitrogen and oxygen atoms in total. The highest BCUT2D eigenvalue weighted by Crippen LogP contribution is 2.52. The van der Waals surface area contributed by atoms with Crippen LogP contribution in [0.5, 0.6) is 11.8 Å². The van der Waals surface area contributed by atoms with Gasteiger partial charge in [-0.3, -0.25) is 15.0 Å². The summed E-state index contributed by atoms with van der Waals surface area (Å²) >= 11 is 8.01. The van der Waals surface area contributed by atoms with Crippen molar-refractivity contribution >= 4 is 60.7 Å². The second-order valence-corrected chi connectivity index (χ2v) is 16.8. The molecule has 1 amide bonds. The topological polar surface area (TPSA) is 152 Å². The third kappa shape index (κ3) is 5.31. The van der Waals surface area contributed by atoms with E-state index in [9.17, 15) is 14.4 Å². The zero-order valence-corrected chi connectivity index (χ0v) is 30.1. The van der Waals surface area contributed by atoms with Crippen molar-refractivity contribution in [3.05, 3.63) is 34.4 Å². The summed E-state index contributed by atoms with van der Waals surface area (Å²) in [6.07, 6.45) is 4.69. The first-order valence-corrected chi connectivity index (χ1v) is 19.4. The maximum absolute atomic E-state index is 17.4. The van der Waals surface area contributed by atoms with Crippen molar-refractivity contribution in [3.8, 4) is 29.0 Å². The van der Waals surface area contributed by atoms with Crippen LogP contribution < -0.4 is 30.7 Å².